The van der Waals surface area contributed by atoms with Crippen molar-refractivity contribution in [2.24, 2.45) is 0 Å². The number of ether oxygens (including phenoxy) is 1. The Bertz CT molecular complexity index is 2180. The van der Waals surface area contributed by atoms with Crippen LogP contribution in [0.2, 0.25) is 0 Å². The fourth-order valence-corrected chi connectivity index (χ4v) is 3.65. The highest BCUT2D eigenvalue weighted by Crippen LogP contribution is 2.41. The van der Waals surface area contributed by atoms with Gasteiger partial charge >= 0.3 is 0 Å². The molecule has 0 radical (unpaired) electrons. The van der Waals surface area contributed by atoms with Crippen LogP contribution in [0.5, 0.6) is 11.5 Å². The number of hydrogen-bond acceptors (Lipinski definition) is 2. The molecule has 44 heavy (non-hydrogen) atoms. The number of benzene rings is 3. The van der Waals surface area contributed by atoms with Gasteiger partial charge in [0.2, 0.25) is 0 Å². The van der Waals surface area contributed by atoms with Crippen LogP contribution >= 0.6 is 0 Å². The SMILES string of the molecule is C#CC#CC#CC#CC#CC#CC#CC#CC#CC#CC#COc1cc(O)cc(C(C)(c2ccccc2)c2ccccc2)c1. The number of rotatable bonds is 4. The molecule has 0 heterocycles. The van der Waals surface area contributed by atoms with E-state index in [1.54, 1.807) is 6.07 Å². The van der Waals surface area contributed by atoms with Crippen LogP contribution in [0.4, 0.5) is 0 Å². The van der Waals surface area contributed by atoms with Crippen LogP contribution in [0.3, 0.4) is 0 Å². The molecule has 3 aromatic carbocycles. The zero-order valence-electron chi connectivity index (χ0n) is 23.4. The molecule has 0 aliphatic rings. The molecule has 0 spiro atoms. The molecule has 0 aromatic heterocycles. The highest BCUT2D eigenvalue weighted by molar-refractivity contribution is 5.54. The predicted octanol–water partition coefficient (Wildman–Crippen LogP) is 4.75. The minimum atomic E-state index is -0.543. The van der Waals surface area contributed by atoms with Crippen molar-refractivity contribution in [1.82, 2.24) is 0 Å². The third-order valence-corrected chi connectivity index (χ3v) is 5.59. The highest BCUT2D eigenvalue weighted by atomic mass is 16.5. The summed E-state index contributed by atoms with van der Waals surface area (Å²) in [6, 6.07) is 25.3. The summed E-state index contributed by atoms with van der Waals surface area (Å²) in [6.07, 6.45) is 7.48. The van der Waals surface area contributed by atoms with Crippen molar-refractivity contribution in [1.29, 1.82) is 0 Å². The molecule has 3 rings (SSSR count). The minimum absolute atomic E-state index is 0.0641. The second-order valence-electron chi connectivity index (χ2n) is 8.30. The fraction of sp³-hybridized carbons (Fsp3) is 0.0476. The predicted molar refractivity (Wildman–Crippen MR) is 174 cm³/mol. The van der Waals surface area contributed by atoms with Crippen LogP contribution in [-0.2, 0) is 5.41 Å². The molecule has 0 saturated carbocycles. The van der Waals surface area contributed by atoms with E-state index in [2.05, 4.69) is 156 Å². The van der Waals surface area contributed by atoms with Crippen LogP contribution in [0.25, 0.3) is 0 Å². The third kappa shape index (κ3) is 10.2. The minimum Gasteiger partial charge on any atom is -0.508 e. The van der Waals surface area contributed by atoms with Crippen molar-refractivity contribution in [3.63, 3.8) is 0 Å². The van der Waals surface area contributed by atoms with E-state index < -0.39 is 5.41 Å². The molecular weight excluding hydrogens is 536 g/mol. The van der Waals surface area contributed by atoms with Crippen LogP contribution in [0.1, 0.15) is 23.6 Å². The molecule has 0 atom stereocenters. The summed E-state index contributed by atoms with van der Waals surface area (Å²) in [6.45, 7) is 2.11. The van der Waals surface area contributed by atoms with Crippen molar-refractivity contribution in [2.45, 2.75) is 12.3 Å². The van der Waals surface area contributed by atoms with Crippen LogP contribution < -0.4 is 4.74 Å². The lowest BCUT2D eigenvalue weighted by Gasteiger charge is -2.32. The second kappa shape index (κ2) is 17.9. The van der Waals surface area contributed by atoms with E-state index in [0.717, 1.165) is 16.7 Å². The van der Waals surface area contributed by atoms with Crippen LogP contribution in [0.15, 0.2) is 78.9 Å². The van der Waals surface area contributed by atoms with E-state index >= 15 is 0 Å². The van der Waals surface area contributed by atoms with Gasteiger partial charge in [0, 0.05) is 82.5 Å². The van der Waals surface area contributed by atoms with E-state index in [4.69, 9.17) is 11.2 Å². The van der Waals surface area contributed by atoms with Gasteiger partial charge in [-0.1, -0.05) is 60.7 Å². The van der Waals surface area contributed by atoms with Gasteiger partial charge in [-0.25, -0.2) is 0 Å². The molecular formula is C42H18O2. The van der Waals surface area contributed by atoms with Crippen LogP contribution in [-0.4, -0.2) is 5.11 Å². The summed E-state index contributed by atoms with van der Waals surface area (Å²) in [5.41, 5.74) is 2.45. The fourth-order valence-electron chi connectivity index (χ4n) is 3.65. The Morgan fingerprint density at radius 1 is 0.500 bits per heavy atom. The molecule has 0 aliphatic carbocycles. The molecule has 1 N–H and O–H groups in total. The second-order valence-corrected chi connectivity index (χ2v) is 8.30. The lowest BCUT2D eigenvalue weighted by Crippen LogP contribution is -2.25. The van der Waals surface area contributed by atoms with Crippen molar-refractivity contribution in [3.8, 4) is 142 Å². The maximum absolute atomic E-state index is 10.5. The highest BCUT2D eigenvalue weighted by Gasteiger charge is 2.31. The lowest BCUT2D eigenvalue weighted by molar-refractivity contribution is 0.461. The molecule has 0 fully saturated rings. The van der Waals surface area contributed by atoms with Gasteiger partial charge in [-0.15, -0.1) is 6.42 Å². The molecule has 2 heteroatoms. The Kier molecular flexibility index (Phi) is 12.6. The van der Waals surface area contributed by atoms with Gasteiger partial charge in [-0.05, 0) is 83.1 Å². The smallest absolute Gasteiger partial charge is 0.144 e. The number of aromatic hydroxyl groups is 1. The number of terminal acetylenes is 1. The first-order chi connectivity index (χ1) is 21.6. The van der Waals surface area contributed by atoms with Gasteiger partial charge in [-0.2, -0.15) is 0 Å². The number of phenolic OH excluding ortho intramolecular Hbond substituents is 1. The summed E-state index contributed by atoms with van der Waals surface area (Å²) in [5.74, 6) is 50.2. The molecule has 0 amide bonds. The largest absolute Gasteiger partial charge is 0.508 e. The molecule has 0 saturated heterocycles. The normalized spacial score (nSPS) is 7.73. The van der Waals surface area contributed by atoms with Gasteiger partial charge in [0.15, 0.2) is 0 Å². The quantitative estimate of drug-likeness (QED) is 0.373. The molecule has 3 aromatic rings. The molecule has 2 nitrogen and oxygen atoms in total. The summed E-state index contributed by atoms with van der Waals surface area (Å²) < 4.78 is 5.57. The molecule has 0 bridgehead atoms. The van der Waals surface area contributed by atoms with E-state index in [1.807, 2.05) is 42.5 Å². The van der Waals surface area contributed by atoms with Gasteiger partial charge < -0.3 is 9.84 Å². The molecule has 198 valence electrons. The van der Waals surface area contributed by atoms with E-state index in [9.17, 15) is 5.11 Å². The first kappa shape index (κ1) is 31.0. The van der Waals surface area contributed by atoms with Gasteiger partial charge in [0.1, 0.15) is 17.6 Å². The Balaban J connectivity index is 1.61. The van der Waals surface area contributed by atoms with E-state index in [0.29, 0.717) is 5.75 Å². The van der Waals surface area contributed by atoms with E-state index in [-0.39, 0.29) is 5.75 Å². The first-order valence-electron chi connectivity index (χ1n) is 12.7. The summed E-state index contributed by atoms with van der Waals surface area (Å²) in [4.78, 5) is 0. The Morgan fingerprint density at radius 3 is 1.30 bits per heavy atom. The average Bonchev–Trinajstić information content (AvgIpc) is 3.05. The van der Waals surface area contributed by atoms with E-state index in [1.165, 1.54) is 6.07 Å². The summed E-state index contributed by atoms with van der Waals surface area (Å²) in [7, 11) is 0. The summed E-state index contributed by atoms with van der Waals surface area (Å²) in [5, 5.41) is 10.5. The Hall–Kier alpha value is -7.58. The monoisotopic (exact) mass is 554 g/mol. The maximum atomic E-state index is 10.5. The molecule has 0 unspecified atom stereocenters. The van der Waals surface area contributed by atoms with Gasteiger partial charge in [0.25, 0.3) is 0 Å². The van der Waals surface area contributed by atoms with Crippen molar-refractivity contribution in [2.75, 3.05) is 0 Å². The topological polar surface area (TPSA) is 29.5 Å². The Labute approximate surface area is 259 Å². The Morgan fingerprint density at radius 2 is 0.886 bits per heavy atom. The third-order valence-electron chi connectivity index (χ3n) is 5.59. The number of phenols is 1. The summed E-state index contributed by atoms with van der Waals surface area (Å²) >= 11 is 0. The van der Waals surface area contributed by atoms with Gasteiger partial charge in [-0.3, -0.25) is 0 Å². The maximum Gasteiger partial charge on any atom is 0.144 e. The van der Waals surface area contributed by atoms with Crippen molar-refractivity contribution < 1.29 is 9.84 Å². The standard InChI is InChI=1S/C42H18O2/c1-3-4-5-6-7-8-9-10-11-12-13-14-15-16-17-18-19-20-21-28-33-44-41-35-39(34-40(43)36-41)42(2,37-29-24-22-25-30-37)38-31-26-23-27-32-38/h1,22-27,29-32,34-36,43H,2H3. The molecule has 0 aliphatic heterocycles. The lowest BCUT2D eigenvalue weighted by atomic mass is 9.71. The first-order valence-corrected chi connectivity index (χ1v) is 12.7. The zero-order chi connectivity index (χ0) is 31.1. The number of hydrogen-bond donors (Lipinski definition) is 1. The zero-order valence-corrected chi connectivity index (χ0v) is 23.4. The van der Waals surface area contributed by atoms with Crippen molar-refractivity contribution >= 4 is 0 Å². The van der Waals surface area contributed by atoms with Crippen LogP contribution in [0, 0.1) is 131 Å². The average molecular weight is 555 g/mol. The van der Waals surface area contributed by atoms with Crippen molar-refractivity contribution in [3.05, 3.63) is 95.6 Å². The van der Waals surface area contributed by atoms with Gasteiger partial charge in [0.05, 0.1) is 0 Å².